The molecule has 5 rings (SSSR count). The van der Waals surface area contributed by atoms with Crippen LogP contribution in [0.3, 0.4) is 0 Å². The maximum Gasteiger partial charge on any atom is 0.276 e. The second-order valence-corrected chi connectivity index (χ2v) is 8.61. The van der Waals surface area contributed by atoms with Gasteiger partial charge in [-0.05, 0) is 60.9 Å². The van der Waals surface area contributed by atoms with E-state index < -0.39 is 5.91 Å². The number of para-hydroxylation sites is 2. The van der Waals surface area contributed by atoms with Crippen LogP contribution in [0.5, 0.6) is 5.75 Å². The lowest BCUT2D eigenvalue weighted by molar-refractivity contribution is -0.130. The molecule has 0 unspecified atom stereocenters. The Hall–Kier alpha value is -4.72. The topological polar surface area (TPSA) is 96.1 Å². The number of carbonyl (C=O) groups excluding carboxylic acids is 2. The Kier molecular flexibility index (Phi) is 7.07. The van der Waals surface area contributed by atoms with Crippen molar-refractivity contribution in [1.82, 2.24) is 20.8 Å². The van der Waals surface area contributed by atoms with Gasteiger partial charge in [0.05, 0.1) is 16.9 Å². The number of amides is 2. The molecule has 2 heterocycles. The van der Waals surface area contributed by atoms with Crippen LogP contribution in [-0.2, 0) is 16.0 Å². The summed E-state index contributed by atoms with van der Waals surface area (Å²) in [6, 6.07) is 25.3. The number of hydrogen-bond acceptors (Lipinski definition) is 4. The highest BCUT2D eigenvalue weighted by atomic mass is 19.1. The minimum absolute atomic E-state index is 0.173. The van der Waals surface area contributed by atoms with Crippen molar-refractivity contribution in [3.8, 4) is 17.1 Å². The number of ether oxygens (including phenoxy) is 1. The predicted octanol–water partition coefficient (Wildman–Crippen LogP) is 5.07. The fourth-order valence-corrected chi connectivity index (χ4v) is 4.23. The number of aryl methyl sites for hydroxylation is 1. The molecule has 0 aliphatic carbocycles. The van der Waals surface area contributed by atoms with Gasteiger partial charge in [0, 0.05) is 22.7 Å². The van der Waals surface area contributed by atoms with Crippen LogP contribution in [-0.4, -0.2) is 28.4 Å². The molecule has 186 valence electrons. The molecule has 5 aromatic rings. The molecule has 0 saturated heterocycles. The first kappa shape index (κ1) is 24.0. The lowest BCUT2D eigenvalue weighted by Crippen LogP contribution is -2.43. The number of hydrogen-bond donors (Lipinski definition) is 3. The first-order chi connectivity index (χ1) is 18.1. The summed E-state index contributed by atoms with van der Waals surface area (Å²) >= 11 is 0. The summed E-state index contributed by atoms with van der Waals surface area (Å²) in [5.74, 6) is -0.557. The monoisotopic (exact) mass is 496 g/mol. The van der Waals surface area contributed by atoms with Gasteiger partial charge in [0.1, 0.15) is 11.6 Å². The van der Waals surface area contributed by atoms with Crippen LogP contribution in [0.2, 0.25) is 0 Å². The second-order valence-electron chi connectivity index (χ2n) is 8.61. The van der Waals surface area contributed by atoms with Crippen molar-refractivity contribution in [3.05, 3.63) is 96.3 Å². The molecule has 2 aromatic heterocycles. The lowest BCUT2D eigenvalue weighted by atomic mass is 10.0. The molecule has 2 amide bonds. The van der Waals surface area contributed by atoms with Crippen LogP contribution in [0, 0.1) is 5.82 Å². The number of fused-ring (bicyclic) bond motifs is 2. The van der Waals surface area contributed by atoms with Crippen molar-refractivity contribution in [2.75, 3.05) is 6.61 Å². The van der Waals surface area contributed by atoms with E-state index in [2.05, 4.69) is 15.8 Å². The molecule has 7 nitrogen and oxygen atoms in total. The van der Waals surface area contributed by atoms with E-state index in [0.717, 1.165) is 38.8 Å². The normalized spacial score (nSPS) is 10.9. The molecule has 3 N–H and O–H groups in total. The van der Waals surface area contributed by atoms with Gasteiger partial charge in [-0.1, -0.05) is 42.5 Å². The fraction of sp³-hybridized carbons (Fsp3) is 0.138. The van der Waals surface area contributed by atoms with Gasteiger partial charge in [0.2, 0.25) is 5.91 Å². The molecule has 0 spiro atoms. The molecule has 8 heteroatoms. The van der Waals surface area contributed by atoms with E-state index in [9.17, 15) is 14.0 Å². The number of halogens is 1. The van der Waals surface area contributed by atoms with Gasteiger partial charge in [-0.15, -0.1) is 0 Å². The first-order valence-corrected chi connectivity index (χ1v) is 12.0. The highest BCUT2D eigenvalue weighted by molar-refractivity contribution is 5.91. The third kappa shape index (κ3) is 5.75. The van der Waals surface area contributed by atoms with Gasteiger partial charge >= 0.3 is 0 Å². The number of benzene rings is 3. The molecular formula is C29H25FN4O3. The van der Waals surface area contributed by atoms with Crippen LogP contribution in [0.1, 0.15) is 18.4 Å². The van der Waals surface area contributed by atoms with E-state index in [1.807, 2.05) is 42.5 Å². The zero-order valence-corrected chi connectivity index (χ0v) is 20.0. The molecular weight excluding hydrogens is 471 g/mol. The molecule has 0 aliphatic rings. The third-order valence-corrected chi connectivity index (χ3v) is 6.01. The van der Waals surface area contributed by atoms with Crippen LogP contribution >= 0.6 is 0 Å². The number of nitrogens with one attached hydrogen (secondary N) is 3. The molecule has 37 heavy (non-hydrogen) atoms. The van der Waals surface area contributed by atoms with Crippen molar-refractivity contribution in [2.24, 2.45) is 0 Å². The number of carbonyl (C=O) groups is 2. The third-order valence-electron chi connectivity index (χ3n) is 6.01. The number of hydrazine groups is 1. The predicted molar refractivity (Wildman–Crippen MR) is 140 cm³/mol. The van der Waals surface area contributed by atoms with Crippen LogP contribution in [0.4, 0.5) is 4.39 Å². The smallest absolute Gasteiger partial charge is 0.276 e. The number of H-pyrrole nitrogens is 1. The Labute approximate surface area is 212 Å². The van der Waals surface area contributed by atoms with Crippen LogP contribution < -0.4 is 15.6 Å². The summed E-state index contributed by atoms with van der Waals surface area (Å²) in [5, 5.41) is 1.79. The van der Waals surface area contributed by atoms with E-state index >= 15 is 0 Å². The zero-order chi connectivity index (χ0) is 25.6. The van der Waals surface area contributed by atoms with Crippen LogP contribution in [0.25, 0.3) is 33.2 Å². The van der Waals surface area contributed by atoms with Crippen molar-refractivity contribution in [3.63, 3.8) is 0 Å². The van der Waals surface area contributed by atoms with Gasteiger partial charge in [0.25, 0.3) is 5.91 Å². The molecule has 0 bridgehead atoms. The highest BCUT2D eigenvalue weighted by Gasteiger charge is 2.16. The second kappa shape index (κ2) is 10.9. The maximum atomic E-state index is 14.1. The average molecular weight is 497 g/mol. The standard InChI is InChI=1S/C29H25FN4O3/c30-20-14-16-25-23(17-20)22(29(32-25)26-15-13-19-7-4-5-11-24(19)31-26)10-6-12-27(35)33-34-28(36)18-37-21-8-2-1-3-9-21/h1-5,7-9,11,13-17,32H,6,10,12,18H2,(H,33,35)(H,34,36). The molecule has 3 aromatic carbocycles. The van der Waals surface area contributed by atoms with Crippen molar-refractivity contribution in [1.29, 1.82) is 0 Å². The Balaban J connectivity index is 1.23. The number of aromatic amines is 1. The number of nitrogens with zero attached hydrogens (tertiary/aromatic N) is 1. The lowest BCUT2D eigenvalue weighted by Gasteiger charge is -2.09. The van der Waals surface area contributed by atoms with E-state index in [-0.39, 0.29) is 24.8 Å². The Bertz CT molecular complexity index is 1570. The first-order valence-electron chi connectivity index (χ1n) is 12.0. The van der Waals surface area contributed by atoms with E-state index in [1.54, 1.807) is 30.3 Å². The summed E-state index contributed by atoms with van der Waals surface area (Å²) in [6.07, 6.45) is 1.18. The number of rotatable bonds is 8. The van der Waals surface area contributed by atoms with E-state index in [1.165, 1.54) is 12.1 Å². The molecule has 0 radical (unpaired) electrons. The van der Waals surface area contributed by atoms with Gasteiger partial charge in [0.15, 0.2) is 6.61 Å². The summed E-state index contributed by atoms with van der Waals surface area (Å²) in [6.45, 7) is -0.215. The van der Waals surface area contributed by atoms with Crippen molar-refractivity contribution >= 4 is 33.6 Å². The highest BCUT2D eigenvalue weighted by Crippen LogP contribution is 2.32. The fourth-order valence-electron chi connectivity index (χ4n) is 4.23. The Morgan fingerprint density at radius 2 is 1.68 bits per heavy atom. The Morgan fingerprint density at radius 1 is 0.892 bits per heavy atom. The summed E-state index contributed by atoms with van der Waals surface area (Å²) < 4.78 is 19.4. The summed E-state index contributed by atoms with van der Waals surface area (Å²) in [5.41, 5.74) is 8.88. The summed E-state index contributed by atoms with van der Waals surface area (Å²) in [4.78, 5) is 32.4. The van der Waals surface area contributed by atoms with Gasteiger partial charge in [-0.25, -0.2) is 9.37 Å². The molecule has 0 atom stereocenters. The summed E-state index contributed by atoms with van der Waals surface area (Å²) in [7, 11) is 0. The minimum Gasteiger partial charge on any atom is -0.484 e. The quantitative estimate of drug-likeness (QED) is 0.261. The van der Waals surface area contributed by atoms with E-state index in [0.29, 0.717) is 18.6 Å². The van der Waals surface area contributed by atoms with Gasteiger partial charge in [-0.2, -0.15) is 0 Å². The molecule has 0 saturated carbocycles. The van der Waals surface area contributed by atoms with Crippen molar-refractivity contribution < 1.29 is 18.7 Å². The minimum atomic E-state index is -0.464. The number of pyridine rings is 1. The number of aromatic nitrogens is 2. The zero-order valence-electron chi connectivity index (χ0n) is 20.0. The maximum absolute atomic E-state index is 14.1. The van der Waals surface area contributed by atoms with Gasteiger partial charge in [-0.3, -0.25) is 20.4 Å². The molecule has 0 fully saturated rings. The van der Waals surface area contributed by atoms with Gasteiger partial charge < -0.3 is 9.72 Å². The Morgan fingerprint density at radius 3 is 2.54 bits per heavy atom. The van der Waals surface area contributed by atoms with Crippen LogP contribution in [0.15, 0.2) is 84.9 Å². The van der Waals surface area contributed by atoms with E-state index in [4.69, 9.17) is 9.72 Å². The van der Waals surface area contributed by atoms with Crippen molar-refractivity contribution in [2.45, 2.75) is 19.3 Å². The average Bonchev–Trinajstić information content (AvgIpc) is 3.28. The molecule has 0 aliphatic heterocycles. The SMILES string of the molecule is O=C(CCCc1c(-c2ccc3ccccc3n2)[nH]c2ccc(F)cc12)NNC(=O)COc1ccccc1. The largest absolute Gasteiger partial charge is 0.484 e.